The summed E-state index contributed by atoms with van der Waals surface area (Å²) in [5.41, 5.74) is 1.38. The lowest BCUT2D eigenvalue weighted by Crippen LogP contribution is -2.44. The summed E-state index contributed by atoms with van der Waals surface area (Å²) in [6, 6.07) is 2.49. The largest absolute Gasteiger partial charge is 0.334 e. The minimum atomic E-state index is 0.282. The maximum atomic E-state index is 12.6. The van der Waals surface area contributed by atoms with Gasteiger partial charge in [-0.3, -0.25) is 9.69 Å². The average molecular weight is 308 g/mol. The van der Waals surface area contributed by atoms with Gasteiger partial charge in [-0.25, -0.2) is 0 Å². The molecule has 1 aromatic rings. The topological polar surface area (TPSA) is 23.6 Å². The van der Waals surface area contributed by atoms with Gasteiger partial charge in [0.15, 0.2) is 0 Å². The van der Waals surface area contributed by atoms with Crippen molar-refractivity contribution in [1.29, 1.82) is 0 Å². The summed E-state index contributed by atoms with van der Waals surface area (Å²) >= 11 is 1.84. The van der Waals surface area contributed by atoms with Gasteiger partial charge < -0.3 is 4.90 Å². The summed E-state index contributed by atoms with van der Waals surface area (Å²) in [5, 5.41) is 2.16. The molecule has 3 nitrogen and oxygen atoms in total. The number of likely N-dealkylation sites (N-methyl/N-ethyl adjacent to an activating group) is 1. The molecule has 0 aromatic carbocycles. The van der Waals surface area contributed by atoms with E-state index in [0.29, 0.717) is 12.5 Å². The third-order valence-corrected chi connectivity index (χ3v) is 5.29. The number of hydrogen-bond acceptors (Lipinski definition) is 3. The van der Waals surface area contributed by atoms with Crippen molar-refractivity contribution in [1.82, 2.24) is 9.80 Å². The van der Waals surface area contributed by atoms with Crippen molar-refractivity contribution in [3.8, 4) is 0 Å². The van der Waals surface area contributed by atoms with Crippen LogP contribution in [-0.2, 0) is 11.2 Å². The molecule has 2 rings (SSSR count). The first kappa shape index (κ1) is 16.5. The molecule has 0 bridgehead atoms. The van der Waals surface area contributed by atoms with E-state index in [1.54, 1.807) is 0 Å². The Labute approximate surface area is 132 Å². The summed E-state index contributed by atoms with van der Waals surface area (Å²) in [6.45, 7) is 9.06. The Hall–Kier alpha value is -0.870. The lowest BCUT2D eigenvalue weighted by atomic mass is 9.97. The molecule has 0 spiro atoms. The van der Waals surface area contributed by atoms with Crippen LogP contribution in [0.2, 0.25) is 0 Å². The van der Waals surface area contributed by atoms with E-state index in [4.69, 9.17) is 0 Å². The van der Waals surface area contributed by atoms with Crippen LogP contribution >= 0.6 is 11.3 Å². The predicted molar refractivity (Wildman–Crippen MR) is 89.7 cm³/mol. The molecular weight excluding hydrogens is 280 g/mol. The first-order chi connectivity index (χ1) is 10.0. The highest BCUT2D eigenvalue weighted by atomic mass is 32.1. The molecule has 118 valence electrons. The molecule has 0 saturated heterocycles. The minimum absolute atomic E-state index is 0.282. The van der Waals surface area contributed by atoms with Crippen LogP contribution < -0.4 is 0 Å². The molecule has 2 heterocycles. The molecule has 4 heteroatoms. The van der Waals surface area contributed by atoms with E-state index < -0.39 is 0 Å². The van der Waals surface area contributed by atoms with Crippen LogP contribution in [0.15, 0.2) is 11.4 Å². The summed E-state index contributed by atoms with van der Waals surface area (Å²) < 4.78 is 0. The van der Waals surface area contributed by atoms with Crippen molar-refractivity contribution >= 4 is 17.2 Å². The predicted octanol–water partition coefficient (Wildman–Crippen LogP) is 3.56. The van der Waals surface area contributed by atoms with Crippen LogP contribution in [0.3, 0.4) is 0 Å². The molecule has 0 N–H and O–H groups in total. The van der Waals surface area contributed by atoms with Gasteiger partial charge in [0.05, 0.1) is 12.6 Å². The molecule has 0 radical (unpaired) electrons. The lowest BCUT2D eigenvalue weighted by Gasteiger charge is -2.36. The number of carbonyl (C=O) groups is 1. The number of rotatable bonds is 6. The highest BCUT2D eigenvalue weighted by Gasteiger charge is 2.30. The number of nitrogens with zero attached hydrogens (tertiary/aromatic N) is 2. The van der Waals surface area contributed by atoms with Gasteiger partial charge in [-0.1, -0.05) is 20.8 Å². The van der Waals surface area contributed by atoms with Gasteiger partial charge in [-0.2, -0.15) is 0 Å². The fourth-order valence-corrected chi connectivity index (χ4v) is 3.94. The molecule has 1 atom stereocenters. The number of hydrogen-bond donors (Lipinski definition) is 0. The van der Waals surface area contributed by atoms with Crippen LogP contribution in [0.5, 0.6) is 0 Å². The standard InChI is InChI=1S/C17H28N2OS/c1-5-15-14-8-11-21-16(14)7-10-19(15)17(20)12-18(4)9-6-13(2)3/h8,11,13,15H,5-7,9-10,12H2,1-4H3. The molecule has 1 aromatic heterocycles. The van der Waals surface area contributed by atoms with E-state index in [0.717, 1.165) is 32.4 Å². The fourth-order valence-electron chi connectivity index (χ4n) is 3.01. The van der Waals surface area contributed by atoms with Gasteiger partial charge in [0.2, 0.25) is 5.91 Å². The van der Waals surface area contributed by atoms with Gasteiger partial charge in [0, 0.05) is 11.4 Å². The van der Waals surface area contributed by atoms with Crippen molar-refractivity contribution in [2.24, 2.45) is 5.92 Å². The molecular formula is C17H28N2OS. The van der Waals surface area contributed by atoms with Crippen LogP contribution in [0.25, 0.3) is 0 Å². The zero-order valence-corrected chi connectivity index (χ0v) is 14.6. The first-order valence-corrected chi connectivity index (χ1v) is 8.95. The van der Waals surface area contributed by atoms with Gasteiger partial charge in [-0.15, -0.1) is 11.3 Å². The van der Waals surface area contributed by atoms with Gasteiger partial charge in [0.25, 0.3) is 0 Å². The molecule has 0 fully saturated rings. The van der Waals surface area contributed by atoms with Crippen molar-refractivity contribution in [3.63, 3.8) is 0 Å². The van der Waals surface area contributed by atoms with E-state index in [-0.39, 0.29) is 11.9 Å². The molecule has 1 amide bonds. The average Bonchev–Trinajstić information content (AvgIpc) is 2.92. The first-order valence-electron chi connectivity index (χ1n) is 8.07. The number of amides is 1. The van der Waals surface area contributed by atoms with Crippen LogP contribution in [0.1, 0.15) is 50.1 Å². The number of thiophene rings is 1. The molecule has 0 aliphatic carbocycles. The van der Waals surface area contributed by atoms with E-state index in [9.17, 15) is 4.79 Å². The van der Waals surface area contributed by atoms with E-state index in [1.165, 1.54) is 10.4 Å². The summed E-state index contributed by atoms with van der Waals surface area (Å²) in [5.74, 6) is 0.972. The van der Waals surface area contributed by atoms with Crippen molar-refractivity contribution in [2.45, 2.75) is 46.1 Å². The van der Waals surface area contributed by atoms with E-state index in [2.05, 4.69) is 49.1 Å². The van der Waals surface area contributed by atoms with Crippen molar-refractivity contribution < 1.29 is 4.79 Å². The third-order valence-electron chi connectivity index (χ3n) is 4.30. The molecule has 1 unspecified atom stereocenters. The second kappa shape index (κ2) is 7.41. The number of fused-ring (bicyclic) bond motifs is 1. The Morgan fingerprint density at radius 1 is 1.52 bits per heavy atom. The Morgan fingerprint density at radius 2 is 2.29 bits per heavy atom. The summed E-state index contributed by atoms with van der Waals surface area (Å²) in [6.07, 6.45) is 3.17. The molecule has 0 saturated carbocycles. The smallest absolute Gasteiger partial charge is 0.237 e. The fraction of sp³-hybridized carbons (Fsp3) is 0.706. The maximum absolute atomic E-state index is 12.6. The molecule has 21 heavy (non-hydrogen) atoms. The monoisotopic (exact) mass is 308 g/mol. The Balaban J connectivity index is 1.96. The number of carbonyl (C=O) groups excluding carboxylic acids is 1. The zero-order valence-electron chi connectivity index (χ0n) is 13.8. The second-order valence-corrected chi connectivity index (χ2v) is 7.48. The van der Waals surface area contributed by atoms with Gasteiger partial charge in [0.1, 0.15) is 0 Å². The zero-order chi connectivity index (χ0) is 15.4. The summed E-state index contributed by atoms with van der Waals surface area (Å²) in [4.78, 5) is 18.4. The normalized spacial score (nSPS) is 18.4. The van der Waals surface area contributed by atoms with Crippen LogP contribution in [0, 0.1) is 5.92 Å². The lowest BCUT2D eigenvalue weighted by molar-refractivity contribution is -0.135. The molecule has 1 aliphatic rings. The second-order valence-electron chi connectivity index (χ2n) is 6.48. The van der Waals surface area contributed by atoms with Gasteiger partial charge in [-0.05, 0) is 55.8 Å². The van der Waals surface area contributed by atoms with Gasteiger partial charge >= 0.3 is 0 Å². The molecule has 1 aliphatic heterocycles. The highest BCUT2D eigenvalue weighted by Crippen LogP contribution is 2.35. The quantitative estimate of drug-likeness (QED) is 0.802. The van der Waals surface area contributed by atoms with E-state index in [1.807, 2.05) is 11.3 Å². The van der Waals surface area contributed by atoms with E-state index >= 15 is 0 Å². The Kier molecular flexibility index (Phi) is 5.82. The van der Waals surface area contributed by atoms with Crippen LogP contribution in [-0.4, -0.2) is 42.4 Å². The summed E-state index contributed by atoms with van der Waals surface area (Å²) in [7, 11) is 2.06. The van der Waals surface area contributed by atoms with Crippen LogP contribution in [0.4, 0.5) is 0 Å². The third kappa shape index (κ3) is 4.07. The SMILES string of the molecule is CCC1c2ccsc2CCN1C(=O)CN(C)CCC(C)C. The Morgan fingerprint density at radius 3 is 2.95 bits per heavy atom. The minimum Gasteiger partial charge on any atom is -0.334 e. The van der Waals surface area contributed by atoms with Crippen molar-refractivity contribution in [2.75, 3.05) is 26.7 Å². The Bertz CT molecular complexity index is 469. The maximum Gasteiger partial charge on any atom is 0.237 e. The highest BCUT2D eigenvalue weighted by molar-refractivity contribution is 7.10. The van der Waals surface area contributed by atoms with Crippen molar-refractivity contribution in [3.05, 3.63) is 21.9 Å².